The number of hydrogen-bond acceptors (Lipinski definition) is 7. The third-order valence-electron chi connectivity index (χ3n) is 2.79. The van der Waals surface area contributed by atoms with Crippen molar-refractivity contribution in [1.29, 1.82) is 0 Å². The van der Waals surface area contributed by atoms with Crippen molar-refractivity contribution in [3.05, 3.63) is 50.4 Å². The second kappa shape index (κ2) is 6.04. The number of nitro groups is 1. The van der Waals surface area contributed by atoms with Gasteiger partial charge in [0.25, 0.3) is 11.6 Å². The molecule has 0 fully saturated rings. The van der Waals surface area contributed by atoms with Crippen molar-refractivity contribution in [2.24, 2.45) is 0 Å². The predicted octanol–water partition coefficient (Wildman–Crippen LogP) is 0.604. The van der Waals surface area contributed by atoms with E-state index in [-0.39, 0.29) is 22.2 Å². The van der Waals surface area contributed by atoms with Crippen LogP contribution in [0.1, 0.15) is 10.4 Å². The molecule has 0 aliphatic heterocycles. The van der Waals surface area contributed by atoms with Crippen LogP contribution in [-0.4, -0.2) is 30.5 Å². The van der Waals surface area contributed by atoms with Gasteiger partial charge in [0, 0.05) is 17.5 Å². The number of ether oxygens (including phenoxy) is 1. The van der Waals surface area contributed by atoms with E-state index >= 15 is 0 Å². The molecule has 2 rings (SSSR count). The van der Waals surface area contributed by atoms with Crippen LogP contribution >= 0.6 is 0 Å². The first-order valence-corrected chi connectivity index (χ1v) is 5.99. The summed E-state index contributed by atoms with van der Waals surface area (Å²) in [6, 6.07) is 4.80. The van der Waals surface area contributed by atoms with Crippen molar-refractivity contribution in [3.63, 3.8) is 0 Å². The first-order chi connectivity index (χ1) is 10.4. The van der Waals surface area contributed by atoms with Gasteiger partial charge in [0.2, 0.25) is 0 Å². The number of hydrogen-bond donors (Lipinski definition) is 1. The summed E-state index contributed by atoms with van der Waals surface area (Å²) in [4.78, 5) is 44.6. The third-order valence-corrected chi connectivity index (χ3v) is 2.79. The molecule has 0 aliphatic carbocycles. The summed E-state index contributed by atoms with van der Waals surface area (Å²) in [5, 5.41) is 13.1. The summed E-state index contributed by atoms with van der Waals surface area (Å²) in [6.45, 7) is -0.415. The van der Waals surface area contributed by atoms with Crippen molar-refractivity contribution in [2.75, 3.05) is 13.7 Å². The Morgan fingerprint density at radius 2 is 2.09 bits per heavy atom. The molecule has 1 aromatic carbocycles. The van der Waals surface area contributed by atoms with Crippen LogP contribution in [0.15, 0.2) is 33.5 Å². The Kier molecular flexibility index (Phi) is 4.16. The Hall–Kier alpha value is -3.23. The number of rotatable bonds is 4. The largest absolute Gasteiger partial charge is 0.468 e. The van der Waals surface area contributed by atoms with Gasteiger partial charge in [0.1, 0.15) is 17.7 Å². The molecule has 0 aliphatic rings. The molecule has 114 valence electrons. The van der Waals surface area contributed by atoms with Crippen LogP contribution in [0.25, 0.3) is 11.0 Å². The van der Waals surface area contributed by atoms with E-state index < -0.39 is 29.0 Å². The summed E-state index contributed by atoms with van der Waals surface area (Å²) in [5.41, 5.74) is -1.37. The molecular formula is C13H10N2O7. The molecule has 0 atom stereocenters. The van der Waals surface area contributed by atoms with Gasteiger partial charge in [-0.3, -0.25) is 19.7 Å². The molecule has 9 heteroatoms. The summed E-state index contributed by atoms with van der Waals surface area (Å²) in [5.74, 6) is -1.53. The van der Waals surface area contributed by atoms with E-state index in [0.29, 0.717) is 0 Å². The lowest BCUT2D eigenvalue weighted by molar-refractivity contribution is -0.384. The number of methoxy groups -OCH3 is 1. The van der Waals surface area contributed by atoms with Gasteiger partial charge in [-0.1, -0.05) is 0 Å². The molecule has 0 saturated carbocycles. The number of amides is 1. The zero-order valence-corrected chi connectivity index (χ0v) is 11.3. The molecule has 1 N–H and O–H groups in total. The van der Waals surface area contributed by atoms with Gasteiger partial charge < -0.3 is 14.5 Å². The van der Waals surface area contributed by atoms with E-state index in [1.165, 1.54) is 24.3 Å². The van der Waals surface area contributed by atoms with Gasteiger partial charge in [0.15, 0.2) is 0 Å². The lowest BCUT2D eigenvalue weighted by Gasteiger charge is -2.04. The SMILES string of the molecule is COC(=O)CNC(=O)c1cc2cc([N+](=O)[O-])ccc2oc1=O. The Morgan fingerprint density at radius 3 is 2.73 bits per heavy atom. The fraction of sp³-hybridized carbons (Fsp3) is 0.154. The predicted molar refractivity (Wildman–Crippen MR) is 73.5 cm³/mol. The summed E-state index contributed by atoms with van der Waals surface area (Å²) in [6.07, 6.45) is 0. The van der Waals surface area contributed by atoms with Crippen molar-refractivity contribution in [1.82, 2.24) is 5.32 Å². The number of benzene rings is 1. The standard InChI is InChI=1S/C13H10N2O7/c1-21-11(16)6-14-12(17)9-5-7-4-8(15(19)20)2-3-10(7)22-13(9)18/h2-5H,6H2,1H3,(H,14,17). The third kappa shape index (κ3) is 3.08. The second-order valence-corrected chi connectivity index (χ2v) is 4.19. The molecule has 1 aromatic heterocycles. The van der Waals surface area contributed by atoms with Gasteiger partial charge in [-0.2, -0.15) is 0 Å². The molecule has 1 heterocycles. The van der Waals surface area contributed by atoms with Gasteiger partial charge in [-0.05, 0) is 12.1 Å². The number of carbonyl (C=O) groups is 2. The number of nitrogens with one attached hydrogen (secondary N) is 1. The molecule has 0 saturated heterocycles. The Morgan fingerprint density at radius 1 is 1.36 bits per heavy atom. The highest BCUT2D eigenvalue weighted by Gasteiger charge is 2.16. The van der Waals surface area contributed by atoms with E-state index in [0.717, 1.165) is 7.11 Å². The maximum Gasteiger partial charge on any atom is 0.349 e. The highest BCUT2D eigenvalue weighted by Crippen LogP contribution is 2.20. The lowest BCUT2D eigenvalue weighted by atomic mass is 10.1. The Balaban J connectivity index is 2.39. The Bertz CT molecular complexity index is 825. The molecule has 0 unspecified atom stereocenters. The van der Waals surface area contributed by atoms with Crippen LogP contribution in [0, 0.1) is 10.1 Å². The topological polar surface area (TPSA) is 129 Å². The average Bonchev–Trinajstić information content (AvgIpc) is 2.50. The Labute approximate surface area is 122 Å². The number of nitrogens with zero attached hydrogens (tertiary/aromatic N) is 1. The molecule has 1 amide bonds. The average molecular weight is 306 g/mol. The van der Waals surface area contributed by atoms with E-state index in [4.69, 9.17) is 4.42 Å². The maximum absolute atomic E-state index is 11.8. The monoisotopic (exact) mass is 306 g/mol. The first-order valence-electron chi connectivity index (χ1n) is 5.99. The van der Waals surface area contributed by atoms with Gasteiger partial charge in [0.05, 0.1) is 12.0 Å². The molecule has 9 nitrogen and oxygen atoms in total. The lowest BCUT2D eigenvalue weighted by Crippen LogP contribution is -2.33. The van der Waals surface area contributed by atoms with Crippen LogP contribution in [0.3, 0.4) is 0 Å². The first kappa shape index (κ1) is 15.2. The number of non-ortho nitro benzene ring substituents is 1. The summed E-state index contributed by atoms with van der Waals surface area (Å²) >= 11 is 0. The summed E-state index contributed by atoms with van der Waals surface area (Å²) < 4.78 is 9.28. The van der Waals surface area contributed by atoms with Crippen LogP contribution in [0.5, 0.6) is 0 Å². The van der Waals surface area contributed by atoms with Crippen LogP contribution < -0.4 is 10.9 Å². The quantitative estimate of drug-likeness (QED) is 0.379. The maximum atomic E-state index is 11.8. The number of fused-ring (bicyclic) bond motifs is 1. The van der Waals surface area contributed by atoms with E-state index in [2.05, 4.69) is 10.1 Å². The summed E-state index contributed by atoms with van der Waals surface area (Å²) in [7, 11) is 1.15. The van der Waals surface area contributed by atoms with E-state index in [1.807, 2.05) is 0 Å². The zero-order chi connectivity index (χ0) is 16.3. The van der Waals surface area contributed by atoms with Crippen LogP contribution in [0.4, 0.5) is 5.69 Å². The number of esters is 1. The minimum Gasteiger partial charge on any atom is -0.468 e. The van der Waals surface area contributed by atoms with Gasteiger partial charge in [-0.15, -0.1) is 0 Å². The molecule has 0 radical (unpaired) electrons. The molecule has 22 heavy (non-hydrogen) atoms. The highest BCUT2D eigenvalue weighted by molar-refractivity contribution is 5.98. The number of carbonyl (C=O) groups excluding carboxylic acids is 2. The minimum absolute atomic E-state index is 0.111. The van der Waals surface area contributed by atoms with Crippen LogP contribution in [0.2, 0.25) is 0 Å². The minimum atomic E-state index is -0.913. The van der Waals surface area contributed by atoms with E-state index in [1.54, 1.807) is 0 Å². The van der Waals surface area contributed by atoms with Gasteiger partial charge in [-0.25, -0.2) is 4.79 Å². The van der Waals surface area contributed by atoms with Crippen molar-refractivity contribution in [2.45, 2.75) is 0 Å². The van der Waals surface area contributed by atoms with Crippen LogP contribution in [-0.2, 0) is 9.53 Å². The van der Waals surface area contributed by atoms with Crippen molar-refractivity contribution in [3.8, 4) is 0 Å². The fourth-order valence-corrected chi connectivity index (χ4v) is 1.70. The molecule has 2 aromatic rings. The smallest absolute Gasteiger partial charge is 0.349 e. The normalized spacial score (nSPS) is 10.2. The van der Waals surface area contributed by atoms with E-state index in [9.17, 15) is 24.5 Å². The highest BCUT2D eigenvalue weighted by atomic mass is 16.6. The van der Waals surface area contributed by atoms with Gasteiger partial charge >= 0.3 is 11.6 Å². The second-order valence-electron chi connectivity index (χ2n) is 4.19. The van der Waals surface area contributed by atoms with Crippen molar-refractivity contribution >= 4 is 28.5 Å². The molecular weight excluding hydrogens is 296 g/mol. The molecule has 0 spiro atoms. The fourth-order valence-electron chi connectivity index (χ4n) is 1.70. The number of nitro benzene ring substituents is 1. The molecule has 0 bridgehead atoms. The van der Waals surface area contributed by atoms with Crippen molar-refractivity contribution < 1.29 is 23.7 Å². The zero-order valence-electron chi connectivity index (χ0n) is 11.3.